The molecule has 0 atom stereocenters. The molecule has 0 unspecified atom stereocenters. The van der Waals surface area contributed by atoms with E-state index in [0.717, 1.165) is 50.1 Å². The van der Waals surface area contributed by atoms with Crippen molar-refractivity contribution < 1.29 is 18.0 Å². The van der Waals surface area contributed by atoms with E-state index in [9.17, 15) is 18.0 Å². The summed E-state index contributed by atoms with van der Waals surface area (Å²) in [6.45, 7) is 6.55. The SMILES string of the molecule is C=CC(=O)NCc1cc(C(F)(F)F)ccc1N1CCN(C)CC1. The molecule has 0 spiro atoms. The first-order valence-corrected chi connectivity index (χ1v) is 7.35. The number of carbonyl (C=O) groups excluding carboxylic acids is 1. The molecule has 1 aromatic rings. The summed E-state index contributed by atoms with van der Waals surface area (Å²) in [4.78, 5) is 15.5. The second-order valence-corrected chi connectivity index (χ2v) is 5.55. The van der Waals surface area contributed by atoms with Crippen LogP contribution in [0.25, 0.3) is 0 Å². The summed E-state index contributed by atoms with van der Waals surface area (Å²) in [6.07, 6.45) is -3.30. The predicted molar refractivity (Wildman–Crippen MR) is 83.2 cm³/mol. The number of halogens is 3. The van der Waals surface area contributed by atoms with Crippen LogP contribution in [0.2, 0.25) is 0 Å². The van der Waals surface area contributed by atoms with Crippen molar-refractivity contribution in [2.75, 3.05) is 38.1 Å². The van der Waals surface area contributed by atoms with Gasteiger partial charge >= 0.3 is 6.18 Å². The van der Waals surface area contributed by atoms with Crippen LogP contribution in [-0.4, -0.2) is 44.0 Å². The molecule has 1 fully saturated rings. The largest absolute Gasteiger partial charge is 0.416 e. The van der Waals surface area contributed by atoms with Crippen LogP contribution in [0.3, 0.4) is 0 Å². The Morgan fingerprint density at radius 2 is 1.96 bits per heavy atom. The number of rotatable bonds is 4. The van der Waals surface area contributed by atoms with Crippen molar-refractivity contribution in [1.82, 2.24) is 10.2 Å². The zero-order valence-corrected chi connectivity index (χ0v) is 13.0. The third kappa shape index (κ3) is 4.48. The number of anilines is 1. The van der Waals surface area contributed by atoms with Crippen molar-refractivity contribution in [3.8, 4) is 0 Å². The molecule has 1 aromatic carbocycles. The number of hydrogen-bond acceptors (Lipinski definition) is 3. The Labute approximate surface area is 133 Å². The molecule has 0 aliphatic carbocycles. The van der Waals surface area contributed by atoms with Crippen LogP contribution in [0, 0.1) is 0 Å². The molecule has 1 aliphatic rings. The molecule has 1 saturated heterocycles. The fourth-order valence-corrected chi connectivity index (χ4v) is 2.51. The van der Waals surface area contributed by atoms with Gasteiger partial charge in [-0.2, -0.15) is 13.2 Å². The standard InChI is InChI=1S/C16H20F3N3O/c1-3-15(23)20-11-12-10-13(16(17,18)19)4-5-14(12)22-8-6-21(2)7-9-22/h3-5,10H,1,6-9,11H2,2H3,(H,20,23). The van der Waals surface area contributed by atoms with Crippen molar-refractivity contribution in [2.45, 2.75) is 12.7 Å². The highest BCUT2D eigenvalue weighted by Gasteiger charge is 2.31. The van der Waals surface area contributed by atoms with Gasteiger partial charge in [-0.1, -0.05) is 6.58 Å². The number of carbonyl (C=O) groups is 1. The summed E-state index contributed by atoms with van der Waals surface area (Å²) >= 11 is 0. The lowest BCUT2D eigenvalue weighted by Crippen LogP contribution is -2.45. The van der Waals surface area contributed by atoms with E-state index in [-0.39, 0.29) is 6.54 Å². The molecule has 23 heavy (non-hydrogen) atoms. The van der Waals surface area contributed by atoms with E-state index in [2.05, 4.69) is 21.7 Å². The molecular weight excluding hydrogens is 307 g/mol. The Morgan fingerprint density at radius 1 is 1.30 bits per heavy atom. The van der Waals surface area contributed by atoms with Gasteiger partial charge in [-0.05, 0) is 36.9 Å². The summed E-state index contributed by atoms with van der Waals surface area (Å²) in [5.74, 6) is -0.410. The van der Waals surface area contributed by atoms with Crippen LogP contribution >= 0.6 is 0 Å². The minimum atomic E-state index is -4.40. The molecule has 4 nitrogen and oxygen atoms in total. The number of nitrogens with one attached hydrogen (secondary N) is 1. The molecule has 0 bridgehead atoms. The highest BCUT2D eigenvalue weighted by Crippen LogP contribution is 2.33. The monoisotopic (exact) mass is 327 g/mol. The highest BCUT2D eigenvalue weighted by atomic mass is 19.4. The van der Waals surface area contributed by atoms with E-state index in [1.54, 1.807) is 0 Å². The van der Waals surface area contributed by atoms with Crippen molar-refractivity contribution in [1.29, 1.82) is 0 Å². The number of piperazine rings is 1. The van der Waals surface area contributed by atoms with E-state index in [4.69, 9.17) is 0 Å². The molecule has 0 saturated carbocycles. The summed E-state index contributed by atoms with van der Waals surface area (Å²) in [6, 6.07) is 3.69. The van der Waals surface area contributed by atoms with Crippen molar-refractivity contribution in [3.63, 3.8) is 0 Å². The van der Waals surface area contributed by atoms with E-state index in [0.29, 0.717) is 5.56 Å². The van der Waals surface area contributed by atoms with E-state index in [1.165, 1.54) is 6.07 Å². The number of hydrogen-bond donors (Lipinski definition) is 1. The van der Waals surface area contributed by atoms with Gasteiger partial charge in [0.05, 0.1) is 5.56 Å². The lowest BCUT2D eigenvalue weighted by molar-refractivity contribution is -0.137. The molecule has 126 valence electrons. The Balaban J connectivity index is 2.28. The summed E-state index contributed by atoms with van der Waals surface area (Å²) in [5, 5.41) is 2.55. The average Bonchev–Trinajstić information content (AvgIpc) is 2.52. The molecule has 0 radical (unpaired) electrons. The van der Waals surface area contributed by atoms with Crippen LogP contribution in [0.1, 0.15) is 11.1 Å². The third-order valence-electron chi connectivity index (χ3n) is 3.89. The summed E-state index contributed by atoms with van der Waals surface area (Å²) in [7, 11) is 2.01. The van der Waals surface area contributed by atoms with E-state index < -0.39 is 17.6 Å². The van der Waals surface area contributed by atoms with Gasteiger partial charge in [0.25, 0.3) is 0 Å². The summed E-state index contributed by atoms with van der Waals surface area (Å²) < 4.78 is 38.8. The third-order valence-corrected chi connectivity index (χ3v) is 3.89. The van der Waals surface area contributed by atoms with Crippen LogP contribution in [-0.2, 0) is 17.5 Å². The minimum absolute atomic E-state index is 0.0381. The van der Waals surface area contributed by atoms with Gasteiger partial charge in [-0.15, -0.1) is 0 Å². The zero-order valence-electron chi connectivity index (χ0n) is 13.0. The summed E-state index contributed by atoms with van der Waals surface area (Å²) in [5.41, 5.74) is 0.480. The van der Waals surface area contributed by atoms with Gasteiger partial charge < -0.3 is 15.1 Å². The van der Waals surface area contributed by atoms with Crippen LogP contribution in [0.15, 0.2) is 30.9 Å². The van der Waals surface area contributed by atoms with Gasteiger partial charge in [0.1, 0.15) is 0 Å². The lowest BCUT2D eigenvalue weighted by atomic mass is 10.1. The molecule has 2 rings (SSSR count). The smallest absolute Gasteiger partial charge is 0.369 e. The fraction of sp³-hybridized carbons (Fsp3) is 0.438. The lowest BCUT2D eigenvalue weighted by Gasteiger charge is -2.35. The molecule has 1 amide bonds. The van der Waals surface area contributed by atoms with Gasteiger partial charge in [0, 0.05) is 38.4 Å². The quantitative estimate of drug-likeness (QED) is 0.862. The van der Waals surface area contributed by atoms with Gasteiger partial charge in [-0.25, -0.2) is 0 Å². The Kier molecular flexibility index (Phi) is 5.30. The second kappa shape index (κ2) is 7.04. The normalized spacial score (nSPS) is 16.3. The van der Waals surface area contributed by atoms with Gasteiger partial charge in [0.15, 0.2) is 0 Å². The number of likely N-dealkylation sites (N-methyl/N-ethyl adjacent to an activating group) is 1. The van der Waals surface area contributed by atoms with Gasteiger partial charge in [0.2, 0.25) is 5.91 Å². The van der Waals surface area contributed by atoms with Gasteiger partial charge in [-0.3, -0.25) is 4.79 Å². The van der Waals surface area contributed by atoms with Crippen LogP contribution < -0.4 is 10.2 Å². The molecule has 0 aromatic heterocycles. The highest BCUT2D eigenvalue weighted by molar-refractivity contribution is 5.86. The molecule has 1 N–H and O–H groups in total. The minimum Gasteiger partial charge on any atom is -0.369 e. The predicted octanol–water partition coefficient (Wildman–Crippen LogP) is 2.26. The number of amides is 1. The van der Waals surface area contributed by atoms with Crippen molar-refractivity contribution in [3.05, 3.63) is 42.0 Å². The first-order chi connectivity index (χ1) is 10.8. The van der Waals surface area contributed by atoms with Crippen molar-refractivity contribution in [2.24, 2.45) is 0 Å². The molecule has 1 heterocycles. The average molecular weight is 327 g/mol. The Morgan fingerprint density at radius 3 is 2.52 bits per heavy atom. The van der Waals surface area contributed by atoms with Crippen LogP contribution in [0.4, 0.5) is 18.9 Å². The Bertz CT molecular complexity index is 578. The van der Waals surface area contributed by atoms with Crippen molar-refractivity contribution >= 4 is 11.6 Å². The number of alkyl halides is 3. The maximum absolute atomic E-state index is 12.9. The fourth-order valence-electron chi connectivity index (χ4n) is 2.51. The zero-order chi connectivity index (χ0) is 17.0. The molecule has 1 aliphatic heterocycles. The van der Waals surface area contributed by atoms with E-state index in [1.807, 2.05) is 7.05 Å². The number of nitrogens with zero attached hydrogens (tertiary/aromatic N) is 2. The maximum atomic E-state index is 12.9. The Hall–Kier alpha value is -2.02. The first kappa shape index (κ1) is 17.3. The molecular formula is C16H20F3N3O. The topological polar surface area (TPSA) is 35.6 Å². The maximum Gasteiger partial charge on any atom is 0.416 e. The van der Waals surface area contributed by atoms with Crippen LogP contribution in [0.5, 0.6) is 0 Å². The second-order valence-electron chi connectivity index (χ2n) is 5.55. The first-order valence-electron chi connectivity index (χ1n) is 7.35. The molecule has 7 heteroatoms. The van der Waals surface area contributed by atoms with E-state index >= 15 is 0 Å². The number of benzene rings is 1.